The van der Waals surface area contributed by atoms with Crippen molar-refractivity contribution in [3.8, 4) is 17.0 Å². The molecule has 180 valence electrons. The summed E-state index contributed by atoms with van der Waals surface area (Å²) in [7, 11) is 0. The van der Waals surface area contributed by atoms with E-state index in [0.717, 1.165) is 46.7 Å². The van der Waals surface area contributed by atoms with E-state index in [2.05, 4.69) is 20.3 Å². The third-order valence-electron chi connectivity index (χ3n) is 5.31. The van der Waals surface area contributed by atoms with E-state index in [-0.39, 0.29) is 5.56 Å². The summed E-state index contributed by atoms with van der Waals surface area (Å²) in [6.45, 7) is 4.70. The summed E-state index contributed by atoms with van der Waals surface area (Å²) in [5.74, 6) is -0.793. The Morgan fingerprint density at radius 1 is 1.12 bits per heavy atom. The van der Waals surface area contributed by atoms with Gasteiger partial charge in [0.1, 0.15) is 5.75 Å². The molecule has 2 amide bonds. The summed E-state index contributed by atoms with van der Waals surface area (Å²) in [4.78, 5) is 25.6. The van der Waals surface area contributed by atoms with Gasteiger partial charge in [0.2, 0.25) is 6.41 Å². The van der Waals surface area contributed by atoms with E-state index in [1.807, 2.05) is 38.1 Å². The van der Waals surface area contributed by atoms with Crippen molar-refractivity contribution in [2.45, 2.75) is 33.1 Å². The Bertz CT molecular complexity index is 1130. The lowest BCUT2D eigenvalue weighted by molar-refractivity contribution is -0.274. The fraction of sp³-hybridized carbons (Fsp3) is 0.292. The number of alkyl halides is 3. The molecule has 0 unspecified atom stereocenters. The standard InChI is InChI=1S/C24H25F3N4O3/c1-16-17(2)29-30-22(16)20-7-3-4-8-21(20)31(15-32)14-6-5-13-28-23(33)18-9-11-19(12-10-18)34-24(25,26)27/h3-4,7-12,15H,5-6,13-14H2,1-2H3,(H,28,33)(H,29,30). The molecule has 1 aromatic heterocycles. The molecule has 2 aromatic carbocycles. The number of hydrogen-bond donors (Lipinski definition) is 2. The predicted molar refractivity (Wildman–Crippen MR) is 122 cm³/mol. The van der Waals surface area contributed by atoms with E-state index in [4.69, 9.17) is 0 Å². The summed E-state index contributed by atoms with van der Waals surface area (Å²) in [6.07, 6.45) is -2.77. The molecule has 34 heavy (non-hydrogen) atoms. The topological polar surface area (TPSA) is 87.3 Å². The van der Waals surface area contributed by atoms with E-state index in [1.54, 1.807) is 4.90 Å². The molecule has 7 nitrogen and oxygen atoms in total. The molecular weight excluding hydrogens is 449 g/mol. The summed E-state index contributed by atoms with van der Waals surface area (Å²) in [6, 6.07) is 12.2. The number of halogens is 3. The first-order chi connectivity index (χ1) is 16.2. The van der Waals surface area contributed by atoms with Gasteiger partial charge in [0.05, 0.1) is 11.4 Å². The largest absolute Gasteiger partial charge is 0.573 e. The van der Waals surface area contributed by atoms with Gasteiger partial charge in [-0.25, -0.2) is 0 Å². The van der Waals surface area contributed by atoms with Gasteiger partial charge in [-0.1, -0.05) is 18.2 Å². The van der Waals surface area contributed by atoms with Gasteiger partial charge in [0.25, 0.3) is 5.91 Å². The molecule has 0 atom stereocenters. The maximum Gasteiger partial charge on any atom is 0.573 e. The van der Waals surface area contributed by atoms with Crippen LogP contribution in [0.5, 0.6) is 5.75 Å². The summed E-state index contributed by atoms with van der Waals surface area (Å²) in [5.41, 5.74) is 4.58. The van der Waals surface area contributed by atoms with E-state index in [1.165, 1.54) is 12.1 Å². The van der Waals surface area contributed by atoms with Gasteiger partial charge in [-0.2, -0.15) is 5.10 Å². The fourth-order valence-electron chi connectivity index (χ4n) is 3.42. The van der Waals surface area contributed by atoms with E-state index >= 15 is 0 Å². The highest BCUT2D eigenvalue weighted by atomic mass is 19.4. The number of unbranched alkanes of at least 4 members (excludes halogenated alkanes) is 1. The molecule has 0 radical (unpaired) electrons. The first-order valence-electron chi connectivity index (χ1n) is 10.7. The van der Waals surface area contributed by atoms with Crippen molar-refractivity contribution in [2.24, 2.45) is 0 Å². The highest BCUT2D eigenvalue weighted by molar-refractivity contribution is 5.94. The zero-order chi connectivity index (χ0) is 24.7. The van der Waals surface area contributed by atoms with Crippen LogP contribution in [0, 0.1) is 13.8 Å². The number of carbonyl (C=O) groups is 2. The first kappa shape index (κ1) is 24.8. The smallest absolute Gasteiger partial charge is 0.406 e. The molecule has 3 aromatic rings. The Labute approximate surface area is 194 Å². The molecule has 0 bridgehead atoms. The molecule has 3 rings (SSSR count). The van der Waals surface area contributed by atoms with Crippen LogP contribution in [0.4, 0.5) is 18.9 Å². The van der Waals surface area contributed by atoms with Crippen molar-refractivity contribution < 1.29 is 27.5 Å². The van der Waals surface area contributed by atoms with Gasteiger partial charge in [-0.05, 0) is 62.6 Å². The Morgan fingerprint density at radius 3 is 2.44 bits per heavy atom. The highest BCUT2D eigenvalue weighted by Crippen LogP contribution is 2.32. The van der Waals surface area contributed by atoms with E-state index in [9.17, 15) is 22.8 Å². The number of aromatic amines is 1. The van der Waals surface area contributed by atoms with Crippen LogP contribution in [0.2, 0.25) is 0 Å². The molecule has 0 spiro atoms. The number of H-pyrrole nitrogens is 1. The lowest BCUT2D eigenvalue weighted by Crippen LogP contribution is -2.27. The van der Waals surface area contributed by atoms with Gasteiger partial charge < -0.3 is 15.0 Å². The molecule has 0 aliphatic rings. The molecule has 1 heterocycles. The zero-order valence-corrected chi connectivity index (χ0v) is 18.8. The molecule has 0 fully saturated rings. The fourth-order valence-corrected chi connectivity index (χ4v) is 3.42. The molecule has 10 heteroatoms. The van der Waals surface area contributed by atoms with E-state index < -0.39 is 18.0 Å². The predicted octanol–water partition coefficient (Wildman–Crippen LogP) is 4.77. The van der Waals surface area contributed by atoms with Crippen LogP contribution in [0.1, 0.15) is 34.5 Å². The third kappa shape index (κ3) is 6.37. The summed E-state index contributed by atoms with van der Waals surface area (Å²) in [5, 5.41) is 10.1. The number of nitrogens with zero attached hydrogens (tertiary/aromatic N) is 2. The monoisotopic (exact) mass is 474 g/mol. The second-order valence-electron chi connectivity index (χ2n) is 7.67. The number of benzene rings is 2. The summed E-state index contributed by atoms with van der Waals surface area (Å²) < 4.78 is 40.5. The molecule has 2 N–H and O–H groups in total. The Kier molecular flexibility index (Phi) is 7.93. The van der Waals surface area contributed by atoms with Crippen LogP contribution in [0.25, 0.3) is 11.3 Å². The Hall–Kier alpha value is -3.82. The SMILES string of the molecule is Cc1[nH]nc(-c2ccccc2N(C=O)CCCCNC(=O)c2ccc(OC(F)(F)F)cc2)c1C. The van der Waals surface area contributed by atoms with Gasteiger partial charge in [-0.15, -0.1) is 13.2 Å². The number of ether oxygens (including phenoxy) is 1. The second kappa shape index (κ2) is 10.9. The van der Waals surface area contributed by atoms with E-state index in [0.29, 0.717) is 25.9 Å². The van der Waals surface area contributed by atoms with Gasteiger partial charge in [-0.3, -0.25) is 14.7 Å². The number of para-hydroxylation sites is 1. The minimum Gasteiger partial charge on any atom is -0.406 e. The third-order valence-corrected chi connectivity index (χ3v) is 5.31. The van der Waals surface area contributed by atoms with Gasteiger partial charge in [0, 0.05) is 29.9 Å². The molecule has 0 aliphatic heterocycles. The van der Waals surface area contributed by atoms with Crippen molar-refractivity contribution >= 4 is 18.0 Å². The minimum absolute atomic E-state index is 0.225. The quantitative estimate of drug-likeness (QED) is 0.328. The molecule has 0 aliphatic carbocycles. The number of anilines is 1. The number of rotatable bonds is 10. The van der Waals surface area contributed by atoms with Crippen molar-refractivity contribution in [2.75, 3.05) is 18.0 Å². The van der Waals surface area contributed by atoms with Crippen LogP contribution >= 0.6 is 0 Å². The Balaban J connectivity index is 1.51. The molecule has 0 saturated heterocycles. The highest BCUT2D eigenvalue weighted by Gasteiger charge is 2.31. The average molecular weight is 474 g/mol. The number of carbonyl (C=O) groups excluding carboxylic acids is 2. The van der Waals surface area contributed by atoms with Gasteiger partial charge >= 0.3 is 6.36 Å². The van der Waals surface area contributed by atoms with Crippen molar-refractivity contribution in [1.29, 1.82) is 0 Å². The molecule has 0 saturated carbocycles. The number of nitrogens with one attached hydrogen (secondary N) is 2. The number of amides is 2. The number of aryl methyl sites for hydroxylation is 1. The Morgan fingerprint density at radius 2 is 1.82 bits per heavy atom. The van der Waals surface area contributed by atoms with Crippen molar-refractivity contribution in [3.63, 3.8) is 0 Å². The van der Waals surface area contributed by atoms with Crippen molar-refractivity contribution in [3.05, 3.63) is 65.4 Å². The first-order valence-corrected chi connectivity index (χ1v) is 10.7. The lowest BCUT2D eigenvalue weighted by atomic mass is 10.0. The minimum atomic E-state index is -4.78. The van der Waals surface area contributed by atoms with Crippen LogP contribution in [-0.4, -0.2) is 42.0 Å². The van der Waals surface area contributed by atoms with Crippen molar-refractivity contribution in [1.82, 2.24) is 15.5 Å². The summed E-state index contributed by atoms with van der Waals surface area (Å²) >= 11 is 0. The maximum absolute atomic E-state index is 12.2. The number of hydrogen-bond acceptors (Lipinski definition) is 4. The van der Waals surface area contributed by atoms with Gasteiger partial charge in [0.15, 0.2) is 0 Å². The molecular formula is C24H25F3N4O3. The normalized spacial score (nSPS) is 11.2. The lowest BCUT2D eigenvalue weighted by Gasteiger charge is -2.20. The average Bonchev–Trinajstić information content (AvgIpc) is 3.13. The zero-order valence-electron chi connectivity index (χ0n) is 18.8. The van der Waals surface area contributed by atoms with Crippen LogP contribution < -0.4 is 15.0 Å². The van der Waals surface area contributed by atoms with Crippen LogP contribution in [-0.2, 0) is 4.79 Å². The number of aromatic nitrogens is 2. The van der Waals surface area contributed by atoms with Crippen LogP contribution in [0.3, 0.4) is 0 Å². The maximum atomic E-state index is 12.2. The second-order valence-corrected chi connectivity index (χ2v) is 7.67. The van der Waals surface area contributed by atoms with Crippen LogP contribution in [0.15, 0.2) is 48.5 Å².